The van der Waals surface area contributed by atoms with E-state index in [0.29, 0.717) is 6.54 Å². The molecule has 0 saturated heterocycles. The van der Waals surface area contributed by atoms with Gasteiger partial charge < -0.3 is 10.6 Å². The zero-order chi connectivity index (χ0) is 7.40. The molecule has 2 nitrogen and oxygen atoms in total. The minimum absolute atomic E-state index is 0.681. The average molecular weight is 138 g/mol. The Morgan fingerprint density at radius 2 is 2.50 bits per heavy atom. The number of rotatable bonds is 2. The summed E-state index contributed by atoms with van der Waals surface area (Å²) in [7, 11) is 0. The molecular weight excluding hydrogens is 124 g/mol. The van der Waals surface area contributed by atoms with E-state index in [0.717, 1.165) is 13.1 Å². The third kappa shape index (κ3) is 1.61. The van der Waals surface area contributed by atoms with Crippen molar-refractivity contribution in [3.63, 3.8) is 0 Å². The van der Waals surface area contributed by atoms with E-state index in [1.165, 1.54) is 5.57 Å². The van der Waals surface area contributed by atoms with Crippen LogP contribution in [0.5, 0.6) is 0 Å². The summed E-state index contributed by atoms with van der Waals surface area (Å²) in [6, 6.07) is 0. The van der Waals surface area contributed by atoms with Gasteiger partial charge in [-0.05, 0) is 24.8 Å². The largest absolute Gasteiger partial charge is 0.374 e. The Hall–Kier alpha value is -0.760. The van der Waals surface area contributed by atoms with Crippen LogP contribution in [0.3, 0.4) is 0 Å². The van der Waals surface area contributed by atoms with E-state index in [2.05, 4.69) is 30.2 Å². The normalized spacial score (nSPS) is 17.4. The minimum Gasteiger partial charge on any atom is -0.374 e. The Labute approximate surface area is 62.0 Å². The van der Waals surface area contributed by atoms with Gasteiger partial charge in [0.15, 0.2) is 0 Å². The second kappa shape index (κ2) is 3.42. The first-order valence-electron chi connectivity index (χ1n) is 3.67. The summed E-state index contributed by atoms with van der Waals surface area (Å²) in [5, 5.41) is 0. The second-order valence-corrected chi connectivity index (χ2v) is 2.43. The molecule has 1 aliphatic rings. The lowest BCUT2D eigenvalue weighted by atomic mass is 10.2. The molecule has 0 saturated carbocycles. The predicted octanol–water partition coefficient (Wildman–Crippen LogP) is 0.721. The summed E-state index contributed by atoms with van der Waals surface area (Å²) < 4.78 is 0. The van der Waals surface area contributed by atoms with Crippen LogP contribution in [-0.4, -0.2) is 24.5 Å². The molecular formula is C8H14N2. The Bertz CT molecular complexity index is 159. The molecule has 0 aromatic heterocycles. The summed E-state index contributed by atoms with van der Waals surface area (Å²) in [5.41, 5.74) is 6.80. The molecule has 2 N–H and O–H groups in total. The molecule has 0 bridgehead atoms. The molecule has 0 unspecified atom stereocenters. The van der Waals surface area contributed by atoms with E-state index in [1.54, 1.807) is 0 Å². The lowest BCUT2D eigenvalue weighted by molar-refractivity contribution is 0.422. The van der Waals surface area contributed by atoms with Crippen molar-refractivity contribution in [1.29, 1.82) is 0 Å². The highest BCUT2D eigenvalue weighted by Crippen LogP contribution is 2.04. The van der Waals surface area contributed by atoms with Gasteiger partial charge in [-0.15, -0.1) is 0 Å². The molecule has 0 aromatic rings. The van der Waals surface area contributed by atoms with Crippen LogP contribution >= 0.6 is 0 Å². The number of hydrogen-bond acceptors (Lipinski definition) is 2. The zero-order valence-electron chi connectivity index (χ0n) is 6.38. The Balaban J connectivity index is 2.50. The molecule has 2 heteroatoms. The Morgan fingerprint density at radius 3 is 3.10 bits per heavy atom. The first kappa shape index (κ1) is 7.35. The number of nitrogens with two attached hydrogens (primary N) is 1. The van der Waals surface area contributed by atoms with Crippen molar-refractivity contribution in [2.45, 2.75) is 6.92 Å². The van der Waals surface area contributed by atoms with Crippen molar-refractivity contribution in [3.8, 4) is 0 Å². The van der Waals surface area contributed by atoms with Crippen LogP contribution in [0.15, 0.2) is 23.9 Å². The fourth-order valence-corrected chi connectivity index (χ4v) is 1.02. The van der Waals surface area contributed by atoms with Crippen LogP contribution in [0.2, 0.25) is 0 Å². The first-order valence-corrected chi connectivity index (χ1v) is 3.67. The summed E-state index contributed by atoms with van der Waals surface area (Å²) in [6.07, 6.45) is 6.24. The fraction of sp³-hybridized carbons (Fsp3) is 0.500. The van der Waals surface area contributed by atoms with Crippen molar-refractivity contribution in [3.05, 3.63) is 23.9 Å². The number of nitrogens with zero attached hydrogens (tertiary/aromatic N) is 1. The van der Waals surface area contributed by atoms with Gasteiger partial charge in [0.05, 0.1) is 0 Å². The standard InChI is InChI=1S/C8H14N2/c1-2-10-5-3-4-8(6-9)7-10/h3-5H,2,6-7,9H2,1H3. The smallest absolute Gasteiger partial charge is 0.0398 e. The molecule has 0 aromatic carbocycles. The van der Waals surface area contributed by atoms with E-state index >= 15 is 0 Å². The van der Waals surface area contributed by atoms with E-state index < -0.39 is 0 Å². The second-order valence-electron chi connectivity index (χ2n) is 2.43. The summed E-state index contributed by atoms with van der Waals surface area (Å²) in [4.78, 5) is 2.24. The lowest BCUT2D eigenvalue weighted by Gasteiger charge is -2.21. The third-order valence-corrected chi connectivity index (χ3v) is 1.70. The summed E-state index contributed by atoms with van der Waals surface area (Å²) >= 11 is 0. The zero-order valence-corrected chi connectivity index (χ0v) is 6.38. The average Bonchev–Trinajstić information content (AvgIpc) is 2.05. The van der Waals surface area contributed by atoms with Crippen molar-refractivity contribution < 1.29 is 0 Å². The quantitative estimate of drug-likeness (QED) is 0.609. The van der Waals surface area contributed by atoms with Crippen LogP contribution < -0.4 is 5.73 Å². The first-order chi connectivity index (χ1) is 4.86. The highest BCUT2D eigenvalue weighted by atomic mass is 15.1. The van der Waals surface area contributed by atoms with Gasteiger partial charge in [0, 0.05) is 19.6 Å². The van der Waals surface area contributed by atoms with Crippen molar-refractivity contribution in [2.24, 2.45) is 5.73 Å². The number of allylic oxidation sites excluding steroid dienone is 2. The van der Waals surface area contributed by atoms with Gasteiger partial charge in [0.25, 0.3) is 0 Å². The maximum absolute atomic E-state index is 5.49. The van der Waals surface area contributed by atoms with Crippen molar-refractivity contribution in [2.75, 3.05) is 19.6 Å². The Morgan fingerprint density at radius 1 is 1.70 bits per heavy atom. The van der Waals surface area contributed by atoms with Crippen molar-refractivity contribution in [1.82, 2.24) is 4.90 Å². The van der Waals surface area contributed by atoms with E-state index in [-0.39, 0.29) is 0 Å². The van der Waals surface area contributed by atoms with Crippen LogP contribution in [0.4, 0.5) is 0 Å². The molecule has 0 aliphatic carbocycles. The Kier molecular flexibility index (Phi) is 2.51. The molecule has 0 fully saturated rings. The van der Waals surface area contributed by atoms with Gasteiger partial charge in [-0.1, -0.05) is 6.08 Å². The van der Waals surface area contributed by atoms with Gasteiger partial charge in [0.2, 0.25) is 0 Å². The van der Waals surface area contributed by atoms with E-state index in [9.17, 15) is 0 Å². The lowest BCUT2D eigenvalue weighted by Crippen LogP contribution is -2.24. The molecule has 0 atom stereocenters. The monoisotopic (exact) mass is 138 g/mol. The molecule has 0 amide bonds. The predicted molar refractivity (Wildman–Crippen MR) is 43.5 cm³/mol. The maximum Gasteiger partial charge on any atom is 0.0398 e. The SMILES string of the molecule is CCN1C=CC=C(CN)C1. The van der Waals surface area contributed by atoms with Gasteiger partial charge >= 0.3 is 0 Å². The highest BCUT2D eigenvalue weighted by Gasteiger charge is 2.02. The number of likely N-dealkylation sites (N-methyl/N-ethyl adjacent to an activating group) is 1. The highest BCUT2D eigenvalue weighted by molar-refractivity contribution is 5.19. The molecule has 10 heavy (non-hydrogen) atoms. The van der Waals surface area contributed by atoms with Gasteiger partial charge in [-0.25, -0.2) is 0 Å². The molecule has 0 radical (unpaired) electrons. The molecule has 1 aliphatic heterocycles. The minimum atomic E-state index is 0.681. The third-order valence-electron chi connectivity index (χ3n) is 1.70. The summed E-state index contributed by atoms with van der Waals surface area (Å²) in [6.45, 7) is 4.89. The topological polar surface area (TPSA) is 29.3 Å². The molecule has 1 heterocycles. The van der Waals surface area contributed by atoms with Gasteiger partial charge in [-0.3, -0.25) is 0 Å². The van der Waals surface area contributed by atoms with Gasteiger partial charge in [-0.2, -0.15) is 0 Å². The molecule has 0 spiro atoms. The van der Waals surface area contributed by atoms with Crippen molar-refractivity contribution >= 4 is 0 Å². The van der Waals surface area contributed by atoms with Gasteiger partial charge in [0.1, 0.15) is 0 Å². The van der Waals surface area contributed by atoms with E-state index in [4.69, 9.17) is 5.73 Å². The van der Waals surface area contributed by atoms with Crippen LogP contribution in [-0.2, 0) is 0 Å². The molecule has 1 rings (SSSR count). The summed E-state index contributed by atoms with van der Waals surface area (Å²) in [5.74, 6) is 0. The van der Waals surface area contributed by atoms with E-state index in [1.807, 2.05) is 0 Å². The number of hydrogen-bond donors (Lipinski definition) is 1. The van der Waals surface area contributed by atoms with Crippen LogP contribution in [0.1, 0.15) is 6.92 Å². The fourth-order valence-electron chi connectivity index (χ4n) is 1.02. The van der Waals surface area contributed by atoms with Crippen LogP contribution in [0.25, 0.3) is 0 Å². The van der Waals surface area contributed by atoms with Crippen LogP contribution in [0, 0.1) is 0 Å². The molecule has 56 valence electrons. The maximum atomic E-state index is 5.49.